The van der Waals surface area contributed by atoms with Crippen LogP contribution < -0.4 is 0 Å². The minimum Gasteiger partial charge on any atom is -0.439 e. The van der Waals surface area contributed by atoms with E-state index < -0.39 is 18.2 Å². The average molecular weight is 223 g/mol. The molecule has 1 N–H and O–H groups in total. The van der Waals surface area contributed by atoms with E-state index in [-0.39, 0.29) is 6.61 Å². The summed E-state index contributed by atoms with van der Waals surface area (Å²) in [7, 11) is 1.40. The van der Waals surface area contributed by atoms with E-state index in [1.165, 1.54) is 7.11 Å². The lowest BCUT2D eigenvalue weighted by Crippen LogP contribution is -2.29. The van der Waals surface area contributed by atoms with Gasteiger partial charge in [0, 0.05) is 0 Å². The molecule has 1 heterocycles. The fourth-order valence-electron chi connectivity index (χ4n) is 1.84. The van der Waals surface area contributed by atoms with Crippen LogP contribution in [-0.4, -0.2) is 36.1 Å². The van der Waals surface area contributed by atoms with E-state index in [0.717, 1.165) is 10.6 Å². The second kappa shape index (κ2) is 4.51. The van der Waals surface area contributed by atoms with E-state index in [0.29, 0.717) is 0 Å². The van der Waals surface area contributed by atoms with Crippen LogP contribution in [0.1, 0.15) is 11.6 Å². The summed E-state index contributed by atoms with van der Waals surface area (Å²) in [4.78, 5) is 16.4. The first-order valence-corrected chi connectivity index (χ1v) is 4.97. The van der Waals surface area contributed by atoms with Gasteiger partial charge in [0.2, 0.25) is 0 Å². The van der Waals surface area contributed by atoms with Crippen LogP contribution in [0.5, 0.6) is 0 Å². The average Bonchev–Trinajstić information content (AvgIpc) is 2.66. The summed E-state index contributed by atoms with van der Waals surface area (Å²) in [6, 6.07) is 8.93. The standard InChI is InChI=1S/C11H13NO4/c1-15-12-10(8-5-3-2-4-6-8)9(7-13)16-11(12)14/h2-6,9-10,13H,7H2,1H3. The molecular formula is C11H13NO4. The summed E-state index contributed by atoms with van der Waals surface area (Å²) in [6.45, 7) is -0.231. The second-order valence-electron chi connectivity index (χ2n) is 3.47. The van der Waals surface area contributed by atoms with Gasteiger partial charge in [-0.25, -0.2) is 4.79 Å². The molecule has 1 aromatic carbocycles. The first kappa shape index (κ1) is 10.9. The van der Waals surface area contributed by atoms with Crippen molar-refractivity contribution in [3.8, 4) is 0 Å². The van der Waals surface area contributed by atoms with Gasteiger partial charge in [-0.1, -0.05) is 30.3 Å². The molecule has 2 rings (SSSR count). The van der Waals surface area contributed by atoms with Crippen LogP contribution in [-0.2, 0) is 9.57 Å². The van der Waals surface area contributed by atoms with Crippen molar-refractivity contribution in [3.63, 3.8) is 0 Å². The van der Waals surface area contributed by atoms with Crippen LogP contribution in [0, 0.1) is 0 Å². The Labute approximate surface area is 93.1 Å². The molecule has 1 amide bonds. The summed E-state index contributed by atoms with van der Waals surface area (Å²) < 4.78 is 4.99. The number of benzene rings is 1. The number of nitrogens with zero attached hydrogens (tertiary/aromatic N) is 1. The number of aliphatic hydroxyl groups is 1. The summed E-state index contributed by atoms with van der Waals surface area (Å²) >= 11 is 0. The first-order valence-electron chi connectivity index (χ1n) is 4.97. The molecule has 1 fully saturated rings. The number of hydrogen-bond donors (Lipinski definition) is 1. The Morgan fingerprint density at radius 2 is 2.12 bits per heavy atom. The third kappa shape index (κ3) is 1.75. The molecule has 0 aliphatic carbocycles. The molecule has 2 atom stereocenters. The van der Waals surface area contributed by atoms with Crippen LogP contribution in [0.15, 0.2) is 30.3 Å². The third-order valence-electron chi connectivity index (χ3n) is 2.55. The van der Waals surface area contributed by atoms with Gasteiger partial charge < -0.3 is 9.84 Å². The number of aliphatic hydroxyl groups excluding tert-OH is 1. The Bertz CT molecular complexity index is 368. The zero-order valence-corrected chi connectivity index (χ0v) is 8.87. The smallest absolute Gasteiger partial charge is 0.435 e. The molecule has 0 aromatic heterocycles. The van der Waals surface area contributed by atoms with Crippen LogP contribution >= 0.6 is 0 Å². The number of hydroxylamine groups is 2. The molecule has 0 spiro atoms. The van der Waals surface area contributed by atoms with Gasteiger partial charge >= 0.3 is 6.09 Å². The van der Waals surface area contributed by atoms with Crippen molar-refractivity contribution in [2.45, 2.75) is 12.1 Å². The fourth-order valence-corrected chi connectivity index (χ4v) is 1.84. The van der Waals surface area contributed by atoms with Gasteiger partial charge in [-0.2, -0.15) is 5.06 Å². The van der Waals surface area contributed by atoms with Gasteiger partial charge in [0.25, 0.3) is 0 Å². The maximum Gasteiger partial charge on any atom is 0.435 e. The number of amides is 1. The van der Waals surface area contributed by atoms with Crippen molar-refractivity contribution < 1.29 is 19.5 Å². The Balaban J connectivity index is 2.32. The van der Waals surface area contributed by atoms with Crippen molar-refractivity contribution in [3.05, 3.63) is 35.9 Å². The zero-order chi connectivity index (χ0) is 11.5. The van der Waals surface area contributed by atoms with Gasteiger partial charge in [0.05, 0.1) is 13.7 Å². The Morgan fingerprint density at radius 1 is 1.44 bits per heavy atom. The lowest BCUT2D eigenvalue weighted by molar-refractivity contribution is -0.107. The van der Waals surface area contributed by atoms with Crippen LogP contribution in [0.25, 0.3) is 0 Å². The summed E-state index contributed by atoms with van der Waals surface area (Å²) in [5.41, 5.74) is 0.870. The zero-order valence-electron chi connectivity index (χ0n) is 8.87. The molecule has 1 aliphatic heterocycles. The number of carbonyl (C=O) groups excluding carboxylic acids is 1. The van der Waals surface area contributed by atoms with Crippen LogP contribution in [0.3, 0.4) is 0 Å². The van der Waals surface area contributed by atoms with Gasteiger partial charge in [0.1, 0.15) is 6.04 Å². The van der Waals surface area contributed by atoms with E-state index >= 15 is 0 Å². The van der Waals surface area contributed by atoms with E-state index in [1.807, 2.05) is 30.3 Å². The number of ether oxygens (including phenoxy) is 1. The summed E-state index contributed by atoms with van der Waals surface area (Å²) in [5.74, 6) is 0. The van der Waals surface area contributed by atoms with Crippen molar-refractivity contribution in [2.24, 2.45) is 0 Å². The number of hydrogen-bond acceptors (Lipinski definition) is 4. The minimum absolute atomic E-state index is 0.231. The molecule has 16 heavy (non-hydrogen) atoms. The fraction of sp³-hybridized carbons (Fsp3) is 0.364. The highest BCUT2D eigenvalue weighted by atomic mass is 16.7. The van der Waals surface area contributed by atoms with Gasteiger partial charge in [-0.05, 0) is 5.56 Å². The van der Waals surface area contributed by atoms with Crippen molar-refractivity contribution in [2.75, 3.05) is 13.7 Å². The highest BCUT2D eigenvalue weighted by molar-refractivity contribution is 5.69. The van der Waals surface area contributed by atoms with E-state index in [2.05, 4.69) is 0 Å². The van der Waals surface area contributed by atoms with E-state index in [4.69, 9.17) is 14.7 Å². The van der Waals surface area contributed by atoms with E-state index in [1.54, 1.807) is 0 Å². The number of carbonyl (C=O) groups is 1. The van der Waals surface area contributed by atoms with Crippen molar-refractivity contribution in [1.82, 2.24) is 5.06 Å². The normalized spacial score (nSPS) is 24.6. The molecular weight excluding hydrogens is 210 g/mol. The lowest BCUT2D eigenvalue weighted by atomic mass is 10.0. The summed E-state index contributed by atoms with van der Waals surface area (Å²) in [5, 5.41) is 10.3. The lowest BCUT2D eigenvalue weighted by Gasteiger charge is -2.21. The summed E-state index contributed by atoms with van der Waals surface area (Å²) in [6.07, 6.45) is -1.16. The predicted octanol–water partition coefficient (Wildman–Crippen LogP) is 1.10. The van der Waals surface area contributed by atoms with Gasteiger partial charge in [0.15, 0.2) is 6.10 Å². The van der Waals surface area contributed by atoms with Crippen LogP contribution in [0.2, 0.25) is 0 Å². The quantitative estimate of drug-likeness (QED) is 0.833. The monoisotopic (exact) mass is 223 g/mol. The SMILES string of the molecule is CON1C(=O)OC(CO)C1c1ccccc1. The minimum atomic E-state index is -0.588. The molecule has 86 valence electrons. The molecule has 1 aromatic rings. The Kier molecular flexibility index (Phi) is 3.07. The number of cyclic esters (lactones) is 1. The molecule has 1 saturated heterocycles. The highest BCUT2D eigenvalue weighted by Gasteiger charge is 2.43. The maximum absolute atomic E-state index is 11.4. The highest BCUT2D eigenvalue weighted by Crippen LogP contribution is 2.32. The molecule has 0 bridgehead atoms. The topological polar surface area (TPSA) is 59.0 Å². The molecule has 5 heteroatoms. The maximum atomic E-state index is 11.4. The van der Waals surface area contributed by atoms with Crippen molar-refractivity contribution in [1.29, 1.82) is 0 Å². The molecule has 0 saturated carbocycles. The van der Waals surface area contributed by atoms with Gasteiger partial charge in [-0.3, -0.25) is 4.84 Å². The van der Waals surface area contributed by atoms with Crippen molar-refractivity contribution >= 4 is 6.09 Å². The van der Waals surface area contributed by atoms with E-state index in [9.17, 15) is 4.79 Å². The second-order valence-corrected chi connectivity index (χ2v) is 3.47. The molecule has 0 radical (unpaired) electrons. The predicted molar refractivity (Wildman–Crippen MR) is 55.4 cm³/mol. The number of rotatable bonds is 3. The third-order valence-corrected chi connectivity index (χ3v) is 2.55. The first-order chi connectivity index (χ1) is 7.77. The van der Waals surface area contributed by atoms with Gasteiger partial charge in [-0.15, -0.1) is 0 Å². The van der Waals surface area contributed by atoms with Crippen LogP contribution in [0.4, 0.5) is 4.79 Å². The molecule has 2 unspecified atom stereocenters. The molecule has 5 nitrogen and oxygen atoms in total. The Morgan fingerprint density at radius 3 is 2.69 bits per heavy atom. The largest absolute Gasteiger partial charge is 0.439 e. The molecule has 1 aliphatic rings. The Hall–Kier alpha value is -1.59.